The van der Waals surface area contributed by atoms with Crippen molar-refractivity contribution >= 4 is 34.4 Å². The third-order valence-corrected chi connectivity index (χ3v) is 6.50. The van der Waals surface area contributed by atoms with E-state index in [9.17, 15) is 9.59 Å². The molecule has 1 atom stereocenters. The van der Waals surface area contributed by atoms with E-state index in [1.807, 2.05) is 43.3 Å². The molecule has 0 radical (unpaired) electrons. The number of aliphatic imine (C=N–C) groups is 1. The average Bonchev–Trinajstić information content (AvgIpc) is 3.21. The quantitative estimate of drug-likeness (QED) is 0.585. The second kappa shape index (κ2) is 8.51. The topological polar surface area (TPSA) is 99.6 Å². The van der Waals surface area contributed by atoms with E-state index >= 15 is 0 Å². The predicted octanol–water partition coefficient (Wildman–Crippen LogP) is 3.54. The number of amidine groups is 1. The minimum atomic E-state index is -0.494. The first-order valence-corrected chi connectivity index (χ1v) is 11.1. The monoisotopic (exact) mass is 456 g/mol. The lowest BCUT2D eigenvalue weighted by Crippen LogP contribution is -2.46. The molecule has 8 nitrogen and oxygen atoms in total. The third kappa shape index (κ3) is 3.76. The van der Waals surface area contributed by atoms with Crippen molar-refractivity contribution in [3.8, 4) is 0 Å². The maximum Gasteiger partial charge on any atom is 0.269 e. The minimum absolute atomic E-state index is 0.390. The molecule has 9 heteroatoms. The Kier molecular flexibility index (Phi) is 5.39. The fourth-order valence-corrected chi connectivity index (χ4v) is 5.15. The summed E-state index contributed by atoms with van der Waals surface area (Å²) in [6, 6.07) is 14.4. The van der Waals surface area contributed by atoms with Crippen molar-refractivity contribution in [1.82, 2.24) is 20.8 Å². The molecule has 0 aliphatic carbocycles. The van der Waals surface area contributed by atoms with E-state index in [0.29, 0.717) is 22.5 Å². The number of aromatic nitrogens is 2. The molecular weight excluding hydrogens is 436 g/mol. The van der Waals surface area contributed by atoms with Crippen LogP contribution in [-0.2, 0) is 4.79 Å². The molecule has 33 heavy (non-hydrogen) atoms. The normalized spacial score (nSPS) is 16.6. The highest BCUT2D eigenvalue weighted by Gasteiger charge is 2.42. The lowest BCUT2D eigenvalue weighted by atomic mass is 9.96. The molecule has 0 saturated carbocycles. The van der Waals surface area contributed by atoms with E-state index < -0.39 is 17.9 Å². The molecule has 2 aromatic heterocycles. The van der Waals surface area contributed by atoms with Crippen molar-refractivity contribution in [3.63, 3.8) is 0 Å². The summed E-state index contributed by atoms with van der Waals surface area (Å²) in [6.07, 6.45) is 4.74. The molecule has 1 aromatic carbocycles. The first-order valence-electron chi connectivity index (χ1n) is 10.3. The number of allylic oxidation sites excluding steroid dienone is 1. The molecule has 1 unspecified atom stereocenters. The molecule has 0 saturated heterocycles. The molecular formula is C24H20N6O2S. The number of carbonyl (C=O) groups excluding carboxylic acids is 2. The number of benzene rings is 1. The summed E-state index contributed by atoms with van der Waals surface area (Å²) >= 11 is 1.57. The molecule has 0 spiro atoms. The lowest BCUT2D eigenvalue weighted by molar-refractivity contribution is -0.118. The minimum Gasteiger partial charge on any atom is -0.306 e. The zero-order valence-corrected chi connectivity index (χ0v) is 18.8. The number of hydrogen-bond donors (Lipinski definition) is 2. The number of fused-ring (bicyclic) bond motifs is 3. The van der Waals surface area contributed by atoms with Crippen LogP contribution in [0.4, 0.5) is 5.69 Å². The van der Waals surface area contributed by atoms with Crippen LogP contribution in [0.15, 0.2) is 88.3 Å². The van der Waals surface area contributed by atoms with Crippen LogP contribution in [0, 0.1) is 6.92 Å². The van der Waals surface area contributed by atoms with Gasteiger partial charge in [0.1, 0.15) is 6.04 Å². The Hall–Kier alpha value is -3.98. The van der Waals surface area contributed by atoms with Crippen LogP contribution < -0.4 is 15.8 Å². The van der Waals surface area contributed by atoms with E-state index in [2.05, 4.69) is 25.7 Å². The van der Waals surface area contributed by atoms with Gasteiger partial charge in [-0.25, -0.2) is 4.99 Å². The Balaban J connectivity index is 1.52. The Bertz CT molecular complexity index is 1310. The molecule has 164 valence electrons. The number of para-hydroxylation sites is 1. The summed E-state index contributed by atoms with van der Waals surface area (Å²) in [7, 11) is 0. The van der Waals surface area contributed by atoms with Crippen LogP contribution in [-0.4, -0.2) is 26.9 Å². The van der Waals surface area contributed by atoms with Crippen LogP contribution in [0.3, 0.4) is 0 Å². The van der Waals surface area contributed by atoms with Gasteiger partial charge in [-0.05, 0) is 61.5 Å². The predicted molar refractivity (Wildman–Crippen MR) is 126 cm³/mol. The summed E-state index contributed by atoms with van der Waals surface area (Å²) < 4.78 is 0. The number of nitrogens with zero attached hydrogens (tertiary/aromatic N) is 4. The number of aryl methyl sites for hydroxylation is 1. The largest absolute Gasteiger partial charge is 0.306 e. The van der Waals surface area contributed by atoms with E-state index in [0.717, 1.165) is 21.3 Å². The molecule has 0 fully saturated rings. The Morgan fingerprint density at radius 2 is 1.73 bits per heavy atom. The summed E-state index contributed by atoms with van der Waals surface area (Å²) in [5.41, 5.74) is 9.23. The molecule has 0 bridgehead atoms. The van der Waals surface area contributed by atoms with Gasteiger partial charge in [0, 0.05) is 29.0 Å². The van der Waals surface area contributed by atoms with Gasteiger partial charge in [-0.2, -0.15) is 0 Å². The second-order valence-electron chi connectivity index (χ2n) is 7.59. The summed E-state index contributed by atoms with van der Waals surface area (Å²) in [6.45, 7) is 3.84. The smallest absolute Gasteiger partial charge is 0.269 e. The van der Waals surface area contributed by atoms with E-state index in [1.165, 1.54) is 12.4 Å². The highest BCUT2D eigenvalue weighted by Crippen LogP contribution is 2.50. The van der Waals surface area contributed by atoms with Crippen molar-refractivity contribution in [1.29, 1.82) is 0 Å². The second-order valence-corrected chi connectivity index (χ2v) is 8.60. The summed E-state index contributed by atoms with van der Waals surface area (Å²) in [4.78, 5) is 42.2. The molecule has 2 aliphatic heterocycles. The van der Waals surface area contributed by atoms with E-state index in [4.69, 9.17) is 4.99 Å². The highest BCUT2D eigenvalue weighted by molar-refractivity contribution is 8.14. The summed E-state index contributed by atoms with van der Waals surface area (Å²) in [5.74, 6) is -0.878. The third-order valence-electron chi connectivity index (χ3n) is 5.48. The lowest BCUT2D eigenvalue weighted by Gasteiger charge is -2.35. The Labute approximate surface area is 194 Å². The van der Waals surface area contributed by atoms with Crippen molar-refractivity contribution in [2.45, 2.75) is 24.8 Å². The van der Waals surface area contributed by atoms with Crippen LogP contribution in [0.2, 0.25) is 0 Å². The summed E-state index contributed by atoms with van der Waals surface area (Å²) in [5, 5.41) is 0.796. The highest BCUT2D eigenvalue weighted by atomic mass is 32.2. The first kappa shape index (κ1) is 20.9. The van der Waals surface area contributed by atoms with E-state index in [-0.39, 0.29) is 0 Å². The molecule has 5 rings (SSSR count). The number of carbonyl (C=O) groups is 2. The van der Waals surface area contributed by atoms with Gasteiger partial charge < -0.3 is 4.90 Å². The zero-order chi connectivity index (χ0) is 22.9. The number of nitrogens with one attached hydrogen (secondary N) is 2. The SMILES string of the molecule is CC1=C(C(=O)NNC(=O)c2ccncc2)C(c2ccccn2)N2C(=N1)Sc1cccc(C)c12. The van der Waals surface area contributed by atoms with Crippen LogP contribution >= 0.6 is 11.8 Å². The van der Waals surface area contributed by atoms with Gasteiger partial charge in [-0.1, -0.05) is 18.2 Å². The Morgan fingerprint density at radius 1 is 0.939 bits per heavy atom. The van der Waals surface area contributed by atoms with Crippen LogP contribution in [0.25, 0.3) is 0 Å². The number of hydrogen-bond acceptors (Lipinski definition) is 7. The van der Waals surface area contributed by atoms with Gasteiger partial charge in [-0.15, -0.1) is 0 Å². The average molecular weight is 457 g/mol. The maximum absolute atomic E-state index is 13.4. The zero-order valence-electron chi connectivity index (χ0n) is 17.9. The fourth-order valence-electron chi connectivity index (χ4n) is 3.98. The molecule has 2 aliphatic rings. The number of thioether (sulfide) groups is 1. The molecule has 2 amide bonds. The molecule has 2 N–H and O–H groups in total. The van der Waals surface area contributed by atoms with Gasteiger partial charge in [-0.3, -0.25) is 30.4 Å². The van der Waals surface area contributed by atoms with Gasteiger partial charge >= 0.3 is 0 Å². The fraction of sp³-hybridized carbons (Fsp3) is 0.125. The van der Waals surface area contributed by atoms with Crippen molar-refractivity contribution in [2.24, 2.45) is 4.99 Å². The van der Waals surface area contributed by atoms with Crippen LogP contribution in [0.1, 0.15) is 34.6 Å². The number of anilines is 1. The van der Waals surface area contributed by atoms with Crippen molar-refractivity contribution in [2.75, 3.05) is 4.90 Å². The van der Waals surface area contributed by atoms with Gasteiger partial charge in [0.15, 0.2) is 5.17 Å². The number of rotatable bonds is 3. The van der Waals surface area contributed by atoms with Gasteiger partial charge in [0.2, 0.25) is 0 Å². The number of pyridine rings is 2. The number of amides is 2. The standard InChI is InChI=1S/C24H20N6O2S/c1-14-6-5-8-18-20(14)30-21(17-7-3-4-11-26-17)19(15(2)27-24(30)33-18)23(32)29-28-22(31)16-9-12-25-13-10-16/h3-13,21H,1-2H3,(H,28,31)(H,29,32). The van der Waals surface area contributed by atoms with Gasteiger partial charge in [0.05, 0.1) is 22.7 Å². The Morgan fingerprint density at radius 3 is 2.48 bits per heavy atom. The van der Waals surface area contributed by atoms with Crippen LogP contribution in [0.5, 0.6) is 0 Å². The van der Waals surface area contributed by atoms with Gasteiger partial charge in [0.25, 0.3) is 11.8 Å². The molecule has 3 aromatic rings. The van der Waals surface area contributed by atoms with Crippen molar-refractivity contribution in [3.05, 3.63) is 95.2 Å². The molecule has 4 heterocycles. The van der Waals surface area contributed by atoms with Crippen molar-refractivity contribution < 1.29 is 9.59 Å². The maximum atomic E-state index is 13.4. The van der Waals surface area contributed by atoms with E-state index in [1.54, 1.807) is 37.0 Å². The first-order chi connectivity index (χ1) is 16.0. The number of hydrazine groups is 1.